The van der Waals surface area contributed by atoms with Gasteiger partial charge in [0.25, 0.3) is 5.56 Å². The fourth-order valence-corrected chi connectivity index (χ4v) is 3.69. The molecule has 0 aliphatic carbocycles. The minimum Gasteiger partial charge on any atom is -0.366 e. The van der Waals surface area contributed by atoms with Gasteiger partial charge in [-0.1, -0.05) is 42.5 Å². The Morgan fingerprint density at radius 2 is 1.74 bits per heavy atom. The average Bonchev–Trinajstić information content (AvgIpc) is 2.79. The third-order valence-corrected chi connectivity index (χ3v) is 5.13. The number of nitrogens with one attached hydrogen (secondary N) is 1. The molecule has 3 aromatic heterocycles. The minimum atomic E-state index is -0.613. The summed E-state index contributed by atoms with van der Waals surface area (Å²) in [6.07, 6.45) is 4.62. The first-order valence-electron chi connectivity index (χ1n) is 9.42. The molecule has 0 aliphatic rings. The topological polar surface area (TPSA) is 124 Å². The summed E-state index contributed by atoms with van der Waals surface area (Å²) in [6, 6.07) is 15.8. The number of benzene rings is 2. The SMILES string of the molecule is NC(=O)c1ccccc1-c1cnc2c(=O)n(-c3cncc4ccccc34)c(=O)[nH]c2c1. The Balaban J connectivity index is 1.76. The number of amides is 1. The summed E-state index contributed by atoms with van der Waals surface area (Å²) in [5.41, 5.74) is 6.45. The van der Waals surface area contributed by atoms with Crippen LogP contribution in [0.2, 0.25) is 0 Å². The van der Waals surface area contributed by atoms with Crippen molar-refractivity contribution < 1.29 is 4.79 Å². The van der Waals surface area contributed by atoms with Crippen LogP contribution in [0.5, 0.6) is 0 Å². The van der Waals surface area contributed by atoms with Crippen LogP contribution in [0.1, 0.15) is 10.4 Å². The number of aromatic nitrogens is 4. The molecule has 8 nitrogen and oxygen atoms in total. The lowest BCUT2D eigenvalue weighted by Gasteiger charge is -2.10. The van der Waals surface area contributed by atoms with Crippen LogP contribution < -0.4 is 17.0 Å². The van der Waals surface area contributed by atoms with E-state index in [9.17, 15) is 14.4 Å². The van der Waals surface area contributed by atoms with Crippen molar-refractivity contribution in [3.05, 3.63) is 99.6 Å². The van der Waals surface area contributed by atoms with Crippen LogP contribution in [0.25, 0.3) is 38.6 Å². The summed E-state index contributed by atoms with van der Waals surface area (Å²) >= 11 is 0. The van der Waals surface area contributed by atoms with Gasteiger partial charge in [-0.25, -0.2) is 14.3 Å². The lowest BCUT2D eigenvalue weighted by Crippen LogP contribution is -2.34. The first-order valence-corrected chi connectivity index (χ1v) is 9.42. The Morgan fingerprint density at radius 1 is 0.968 bits per heavy atom. The maximum absolute atomic E-state index is 13.2. The van der Waals surface area contributed by atoms with Crippen LogP contribution in [-0.4, -0.2) is 25.4 Å². The number of carbonyl (C=O) groups is 1. The summed E-state index contributed by atoms with van der Waals surface area (Å²) in [5, 5.41) is 1.52. The summed E-state index contributed by atoms with van der Waals surface area (Å²) in [4.78, 5) is 49.0. The van der Waals surface area contributed by atoms with Crippen molar-refractivity contribution in [3.63, 3.8) is 0 Å². The molecule has 3 N–H and O–H groups in total. The molecule has 0 saturated heterocycles. The highest BCUT2D eigenvalue weighted by atomic mass is 16.2. The van der Waals surface area contributed by atoms with Gasteiger partial charge in [-0.2, -0.15) is 0 Å². The second-order valence-electron chi connectivity index (χ2n) is 6.98. The van der Waals surface area contributed by atoms with Crippen molar-refractivity contribution in [1.82, 2.24) is 19.5 Å². The van der Waals surface area contributed by atoms with E-state index in [0.29, 0.717) is 22.4 Å². The Labute approximate surface area is 174 Å². The van der Waals surface area contributed by atoms with E-state index in [1.54, 1.807) is 36.5 Å². The van der Waals surface area contributed by atoms with E-state index in [0.717, 1.165) is 15.3 Å². The van der Waals surface area contributed by atoms with Crippen molar-refractivity contribution in [2.75, 3.05) is 0 Å². The molecule has 0 spiro atoms. The Bertz CT molecular complexity index is 1610. The summed E-state index contributed by atoms with van der Waals surface area (Å²) < 4.78 is 1.03. The quantitative estimate of drug-likeness (QED) is 0.473. The number of hydrogen-bond donors (Lipinski definition) is 2. The second-order valence-corrected chi connectivity index (χ2v) is 6.98. The van der Waals surface area contributed by atoms with Gasteiger partial charge < -0.3 is 10.7 Å². The molecule has 31 heavy (non-hydrogen) atoms. The highest BCUT2D eigenvalue weighted by Gasteiger charge is 2.15. The zero-order chi connectivity index (χ0) is 21.5. The largest absolute Gasteiger partial charge is 0.366 e. The van der Waals surface area contributed by atoms with Gasteiger partial charge in [-0.3, -0.25) is 14.6 Å². The molecule has 5 rings (SSSR count). The number of carbonyl (C=O) groups excluding carboxylic acids is 1. The Kier molecular flexibility index (Phi) is 4.18. The molecule has 2 aromatic carbocycles. The molecule has 0 saturated carbocycles. The van der Waals surface area contributed by atoms with Crippen molar-refractivity contribution >= 4 is 27.7 Å². The van der Waals surface area contributed by atoms with Gasteiger partial charge >= 0.3 is 5.69 Å². The predicted octanol–water partition coefficient (Wildman–Crippen LogP) is 2.39. The molecule has 0 radical (unpaired) electrons. The van der Waals surface area contributed by atoms with E-state index in [-0.39, 0.29) is 11.0 Å². The van der Waals surface area contributed by atoms with Crippen LogP contribution in [0, 0.1) is 0 Å². The van der Waals surface area contributed by atoms with Crippen LogP contribution in [0.3, 0.4) is 0 Å². The summed E-state index contributed by atoms with van der Waals surface area (Å²) in [5.74, 6) is -0.580. The zero-order valence-corrected chi connectivity index (χ0v) is 16.1. The van der Waals surface area contributed by atoms with Gasteiger partial charge in [0.2, 0.25) is 5.91 Å². The van der Waals surface area contributed by atoms with Crippen molar-refractivity contribution in [2.24, 2.45) is 5.73 Å². The van der Waals surface area contributed by atoms with Gasteiger partial charge in [0.1, 0.15) is 0 Å². The molecule has 0 fully saturated rings. The second kappa shape index (κ2) is 7.03. The normalized spacial score (nSPS) is 11.1. The number of primary amides is 1. The number of rotatable bonds is 3. The number of H-pyrrole nitrogens is 1. The van der Waals surface area contributed by atoms with Crippen LogP contribution in [0.4, 0.5) is 0 Å². The standard InChI is InChI=1S/C23H15N5O3/c24-21(29)17-8-4-3-6-15(17)14-9-18-20(26-11-14)22(30)28(23(31)27-18)19-12-25-10-13-5-1-2-7-16(13)19/h1-12H,(H2,24,29)(H,27,31). The van der Waals surface area contributed by atoms with Crippen LogP contribution >= 0.6 is 0 Å². The summed E-state index contributed by atoms with van der Waals surface area (Å²) in [6.45, 7) is 0. The van der Waals surface area contributed by atoms with E-state index < -0.39 is 17.2 Å². The van der Waals surface area contributed by atoms with Gasteiger partial charge in [0, 0.05) is 34.3 Å². The molecular formula is C23H15N5O3. The smallest absolute Gasteiger partial charge is 0.333 e. The van der Waals surface area contributed by atoms with E-state index in [1.165, 1.54) is 12.4 Å². The third kappa shape index (κ3) is 2.98. The van der Waals surface area contributed by atoms with Gasteiger partial charge in [0.15, 0.2) is 5.52 Å². The predicted molar refractivity (Wildman–Crippen MR) is 117 cm³/mol. The highest BCUT2D eigenvalue weighted by Crippen LogP contribution is 2.25. The monoisotopic (exact) mass is 409 g/mol. The van der Waals surface area contributed by atoms with E-state index >= 15 is 0 Å². The number of nitrogens with zero attached hydrogens (tertiary/aromatic N) is 3. The molecule has 0 unspecified atom stereocenters. The average molecular weight is 409 g/mol. The molecule has 0 bridgehead atoms. The molecule has 0 aliphatic heterocycles. The molecule has 0 atom stereocenters. The van der Waals surface area contributed by atoms with E-state index in [1.807, 2.05) is 24.3 Å². The minimum absolute atomic E-state index is 0.0906. The number of aromatic amines is 1. The highest BCUT2D eigenvalue weighted by molar-refractivity contribution is 6.00. The van der Waals surface area contributed by atoms with Gasteiger partial charge in [-0.15, -0.1) is 0 Å². The summed E-state index contributed by atoms with van der Waals surface area (Å²) in [7, 11) is 0. The first-order chi connectivity index (χ1) is 15.0. The fourth-order valence-electron chi connectivity index (χ4n) is 3.69. The number of pyridine rings is 2. The van der Waals surface area contributed by atoms with E-state index in [2.05, 4.69) is 15.0 Å². The number of fused-ring (bicyclic) bond motifs is 2. The van der Waals surface area contributed by atoms with Crippen LogP contribution in [-0.2, 0) is 0 Å². The Morgan fingerprint density at radius 3 is 2.58 bits per heavy atom. The molecular weight excluding hydrogens is 394 g/mol. The Hall–Kier alpha value is -4.59. The van der Waals surface area contributed by atoms with Crippen molar-refractivity contribution in [3.8, 4) is 16.8 Å². The number of hydrogen-bond acceptors (Lipinski definition) is 5. The first kappa shape index (κ1) is 18.4. The lowest BCUT2D eigenvalue weighted by molar-refractivity contribution is 0.100. The molecule has 5 aromatic rings. The lowest BCUT2D eigenvalue weighted by atomic mass is 10.0. The maximum atomic E-state index is 13.2. The molecule has 150 valence electrons. The third-order valence-electron chi connectivity index (χ3n) is 5.13. The molecule has 3 heterocycles. The van der Waals surface area contributed by atoms with Crippen molar-refractivity contribution in [1.29, 1.82) is 0 Å². The van der Waals surface area contributed by atoms with E-state index in [4.69, 9.17) is 5.73 Å². The van der Waals surface area contributed by atoms with Gasteiger partial charge in [-0.05, 0) is 17.7 Å². The zero-order valence-electron chi connectivity index (χ0n) is 16.1. The van der Waals surface area contributed by atoms with Crippen LogP contribution in [0.15, 0.2) is 82.8 Å². The molecule has 1 amide bonds. The van der Waals surface area contributed by atoms with Gasteiger partial charge in [0.05, 0.1) is 17.4 Å². The number of nitrogens with two attached hydrogens (primary N) is 1. The van der Waals surface area contributed by atoms with Crippen molar-refractivity contribution in [2.45, 2.75) is 0 Å². The maximum Gasteiger partial charge on any atom is 0.333 e. The fraction of sp³-hybridized carbons (Fsp3) is 0. The molecule has 8 heteroatoms.